The van der Waals surface area contributed by atoms with E-state index in [0.29, 0.717) is 20.3 Å². The van der Waals surface area contributed by atoms with Crippen molar-refractivity contribution in [1.82, 2.24) is 9.97 Å². The summed E-state index contributed by atoms with van der Waals surface area (Å²) in [5.74, 6) is -0.541. The number of thiazole rings is 1. The van der Waals surface area contributed by atoms with Gasteiger partial charge in [-0.25, -0.2) is 9.37 Å². The molecule has 5 nitrogen and oxygen atoms in total. The van der Waals surface area contributed by atoms with Crippen LogP contribution < -0.4 is 5.56 Å². The number of hydrogen-bond donors (Lipinski definition) is 2. The number of nitrogens with one attached hydrogen (secondary N) is 1. The van der Waals surface area contributed by atoms with Crippen LogP contribution in [0.4, 0.5) is 4.39 Å². The van der Waals surface area contributed by atoms with Crippen LogP contribution in [0.2, 0.25) is 0 Å². The SMILES string of the molecule is O=C(CSc1nc2[nH]c(=O)cc(O)c2s1)c1ccc(F)cc1. The molecule has 0 unspecified atom stereocenters. The highest BCUT2D eigenvalue weighted by atomic mass is 32.2. The maximum Gasteiger partial charge on any atom is 0.253 e. The number of carbonyl (C=O) groups is 1. The molecule has 8 heteroatoms. The predicted octanol–water partition coefficient (Wildman–Crippen LogP) is 2.80. The average Bonchev–Trinajstić information content (AvgIpc) is 2.89. The van der Waals surface area contributed by atoms with E-state index in [1.165, 1.54) is 47.4 Å². The lowest BCUT2D eigenvalue weighted by atomic mass is 10.1. The van der Waals surface area contributed by atoms with Crippen molar-refractivity contribution in [2.24, 2.45) is 0 Å². The van der Waals surface area contributed by atoms with Crippen LogP contribution in [0.3, 0.4) is 0 Å². The molecule has 3 aromatic rings. The van der Waals surface area contributed by atoms with Crippen molar-refractivity contribution in [1.29, 1.82) is 0 Å². The Morgan fingerprint density at radius 3 is 2.82 bits per heavy atom. The van der Waals surface area contributed by atoms with E-state index >= 15 is 0 Å². The highest BCUT2D eigenvalue weighted by molar-refractivity contribution is 8.01. The second-order valence-corrected chi connectivity index (χ2v) is 6.62. The summed E-state index contributed by atoms with van der Waals surface area (Å²) in [6, 6.07) is 6.41. The molecule has 22 heavy (non-hydrogen) atoms. The molecule has 0 amide bonds. The average molecular weight is 336 g/mol. The summed E-state index contributed by atoms with van der Waals surface area (Å²) < 4.78 is 13.8. The third-order valence-corrected chi connectivity index (χ3v) is 5.06. The van der Waals surface area contributed by atoms with Crippen LogP contribution in [0.5, 0.6) is 5.75 Å². The van der Waals surface area contributed by atoms with E-state index < -0.39 is 11.4 Å². The van der Waals surface area contributed by atoms with Crippen molar-refractivity contribution in [3.05, 3.63) is 52.1 Å². The van der Waals surface area contributed by atoms with Crippen LogP contribution in [0.15, 0.2) is 39.5 Å². The van der Waals surface area contributed by atoms with E-state index in [1.54, 1.807) is 0 Å². The molecule has 0 atom stereocenters. The first-order valence-electron chi connectivity index (χ1n) is 6.17. The highest BCUT2D eigenvalue weighted by Gasteiger charge is 2.12. The molecule has 2 N–H and O–H groups in total. The lowest BCUT2D eigenvalue weighted by molar-refractivity contribution is 0.102. The first-order valence-corrected chi connectivity index (χ1v) is 7.97. The minimum Gasteiger partial charge on any atom is -0.506 e. The summed E-state index contributed by atoms with van der Waals surface area (Å²) in [6.45, 7) is 0. The maximum atomic E-state index is 12.8. The van der Waals surface area contributed by atoms with Crippen LogP contribution in [-0.4, -0.2) is 26.6 Å². The number of fused-ring (bicyclic) bond motifs is 1. The van der Waals surface area contributed by atoms with E-state index in [0.717, 1.165) is 6.07 Å². The van der Waals surface area contributed by atoms with Crippen molar-refractivity contribution in [2.45, 2.75) is 4.34 Å². The van der Waals surface area contributed by atoms with Crippen molar-refractivity contribution in [3.8, 4) is 5.75 Å². The Kier molecular flexibility index (Phi) is 3.95. The Hall–Kier alpha value is -2.19. The standard InChI is InChI=1S/C14H9FN2O3S2/c15-8-3-1-7(2-4-8)10(19)6-21-14-17-13-12(22-14)9(18)5-11(20)16-13/h1-5H,6H2,(H2,16,18,20). The molecular weight excluding hydrogens is 327 g/mol. The largest absolute Gasteiger partial charge is 0.506 e. The van der Waals surface area contributed by atoms with Gasteiger partial charge in [-0.15, -0.1) is 11.3 Å². The second kappa shape index (κ2) is 5.90. The lowest BCUT2D eigenvalue weighted by Gasteiger charge is -1.98. The fourth-order valence-electron chi connectivity index (χ4n) is 1.81. The van der Waals surface area contributed by atoms with Crippen LogP contribution in [0.1, 0.15) is 10.4 Å². The number of benzene rings is 1. The van der Waals surface area contributed by atoms with E-state index in [-0.39, 0.29) is 17.3 Å². The number of Topliss-reactive ketones (excluding diaryl/α,β-unsaturated/α-hetero) is 1. The number of ketones is 1. The van der Waals surface area contributed by atoms with Gasteiger partial charge in [-0.2, -0.15) is 0 Å². The summed E-state index contributed by atoms with van der Waals surface area (Å²) in [6.07, 6.45) is 0. The van der Waals surface area contributed by atoms with Crippen LogP contribution >= 0.6 is 23.1 Å². The fourth-order valence-corrected chi connectivity index (χ4v) is 3.72. The van der Waals surface area contributed by atoms with E-state index in [9.17, 15) is 19.1 Å². The minimum absolute atomic E-state index is 0.132. The molecule has 0 aliphatic rings. The molecule has 112 valence electrons. The minimum atomic E-state index is -0.436. The molecule has 2 aromatic heterocycles. The lowest BCUT2D eigenvalue weighted by Crippen LogP contribution is -2.02. The number of rotatable bonds is 4. The van der Waals surface area contributed by atoms with Gasteiger partial charge in [0.25, 0.3) is 5.56 Å². The number of carbonyl (C=O) groups excluding carboxylic acids is 1. The Bertz CT molecular complexity index is 903. The van der Waals surface area contributed by atoms with Crippen molar-refractivity contribution in [2.75, 3.05) is 5.75 Å². The molecule has 1 aromatic carbocycles. The Morgan fingerprint density at radius 1 is 1.36 bits per heavy atom. The van der Waals surface area contributed by atoms with Crippen molar-refractivity contribution in [3.63, 3.8) is 0 Å². The normalized spacial score (nSPS) is 11.0. The smallest absolute Gasteiger partial charge is 0.253 e. The number of hydrogen-bond acceptors (Lipinski definition) is 6. The van der Waals surface area contributed by atoms with Crippen LogP contribution in [-0.2, 0) is 0 Å². The Labute approximate surface area is 131 Å². The molecule has 0 saturated heterocycles. The zero-order valence-corrected chi connectivity index (χ0v) is 12.6. The third-order valence-electron chi connectivity index (χ3n) is 2.84. The van der Waals surface area contributed by atoms with Gasteiger partial charge in [-0.1, -0.05) is 11.8 Å². The molecule has 0 radical (unpaired) electrons. The fraction of sp³-hybridized carbons (Fsp3) is 0.0714. The van der Waals surface area contributed by atoms with Gasteiger partial charge >= 0.3 is 0 Å². The third kappa shape index (κ3) is 3.02. The first kappa shape index (κ1) is 14.7. The number of H-pyrrole nitrogens is 1. The zero-order chi connectivity index (χ0) is 15.7. The highest BCUT2D eigenvalue weighted by Crippen LogP contribution is 2.33. The number of pyridine rings is 1. The van der Waals surface area contributed by atoms with Gasteiger partial charge in [0.15, 0.2) is 15.8 Å². The summed E-state index contributed by atoms with van der Waals surface area (Å²) in [5.41, 5.74) is 0.284. The molecule has 0 fully saturated rings. The van der Waals surface area contributed by atoms with Gasteiger partial charge in [0.1, 0.15) is 16.3 Å². The van der Waals surface area contributed by atoms with Gasteiger partial charge in [-0.3, -0.25) is 9.59 Å². The molecular formula is C14H9FN2O3S2. The number of aromatic hydroxyl groups is 1. The van der Waals surface area contributed by atoms with E-state index in [4.69, 9.17) is 0 Å². The Balaban J connectivity index is 1.76. The van der Waals surface area contributed by atoms with Crippen LogP contribution in [0, 0.1) is 5.82 Å². The van der Waals surface area contributed by atoms with Crippen molar-refractivity contribution < 1.29 is 14.3 Å². The number of aromatic nitrogens is 2. The zero-order valence-electron chi connectivity index (χ0n) is 11.0. The molecule has 0 saturated carbocycles. The second-order valence-electron chi connectivity index (χ2n) is 4.40. The topological polar surface area (TPSA) is 83.0 Å². The molecule has 3 rings (SSSR count). The number of aromatic amines is 1. The van der Waals surface area contributed by atoms with Gasteiger partial charge in [0.2, 0.25) is 0 Å². The molecule has 0 bridgehead atoms. The predicted molar refractivity (Wildman–Crippen MR) is 83.4 cm³/mol. The van der Waals surface area contributed by atoms with Gasteiger partial charge in [0, 0.05) is 11.6 Å². The molecule has 0 aliphatic heterocycles. The molecule has 2 heterocycles. The van der Waals surface area contributed by atoms with Gasteiger partial charge in [-0.05, 0) is 24.3 Å². The number of thioether (sulfide) groups is 1. The van der Waals surface area contributed by atoms with Crippen molar-refractivity contribution >= 4 is 39.2 Å². The quantitative estimate of drug-likeness (QED) is 0.565. The van der Waals surface area contributed by atoms with Crippen LogP contribution in [0.25, 0.3) is 10.3 Å². The van der Waals surface area contributed by atoms with E-state index in [2.05, 4.69) is 9.97 Å². The monoisotopic (exact) mass is 336 g/mol. The summed E-state index contributed by atoms with van der Waals surface area (Å²) in [4.78, 5) is 29.9. The van der Waals surface area contributed by atoms with Gasteiger partial charge in [0.05, 0.1) is 5.75 Å². The number of halogens is 1. The Morgan fingerprint density at radius 2 is 2.09 bits per heavy atom. The summed E-state index contributed by atoms with van der Waals surface area (Å²) in [5, 5.41) is 9.69. The van der Waals surface area contributed by atoms with E-state index in [1.807, 2.05) is 0 Å². The number of nitrogens with zero attached hydrogens (tertiary/aromatic N) is 1. The molecule has 0 aliphatic carbocycles. The van der Waals surface area contributed by atoms with Gasteiger partial charge < -0.3 is 10.1 Å². The molecule has 0 spiro atoms. The summed E-state index contributed by atoms with van der Waals surface area (Å²) in [7, 11) is 0. The summed E-state index contributed by atoms with van der Waals surface area (Å²) >= 11 is 2.39. The maximum absolute atomic E-state index is 12.8. The first-order chi connectivity index (χ1) is 10.5.